The van der Waals surface area contributed by atoms with Gasteiger partial charge in [-0.3, -0.25) is 4.79 Å². The lowest BCUT2D eigenvalue weighted by Gasteiger charge is -2.22. The van der Waals surface area contributed by atoms with Crippen molar-refractivity contribution in [3.8, 4) is 0 Å². The van der Waals surface area contributed by atoms with Crippen molar-refractivity contribution in [3.63, 3.8) is 0 Å². The monoisotopic (exact) mass is 269 g/mol. The number of benzene rings is 1. The van der Waals surface area contributed by atoms with E-state index < -0.39 is 23.1 Å². The molecule has 0 bridgehead atoms. The average Bonchev–Trinajstić information content (AvgIpc) is 2.79. The fraction of sp³-hybridized carbons (Fsp3) is 0.500. The summed E-state index contributed by atoms with van der Waals surface area (Å²) in [4.78, 5) is 11.7. The summed E-state index contributed by atoms with van der Waals surface area (Å²) in [7, 11) is 0. The van der Waals surface area contributed by atoms with Crippen LogP contribution in [0.25, 0.3) is 0 Å². The molecule has 1 amide bonds. The Balaban J connectivity index is 1.89. The maximum Gasteiger partial charge on any atom is 0.224 e. The van der Waals surface area contributed by atoms with Crippen molar-refractivity contribution >= 4 is 5.91 Å². The van der Waals surface area contributed by atoms with Crippen LogP contribution in [0.2, 0.25) is 0 Å². The van der Waals surface area contributed by atoms with E-state index in [2.05, 4.69) is 5.32 Å². The van der Waals surface area contributed by atoms with E-state index in [-0.39, 0.29) is 18.5 Å². The number of rotatable bonds is 4. The predicted octanol–water partition coefficient (Wildman–Crippen LogP) is 1.93. The molecule has 1 fully saturated rings. The number of aliphatic hydroxyl groups is 1. The molecule has 0 spiro atoms. The van der Waals surface area contributed by atoms with Crippen molar-refractivity contribution in [2.45, 2.75) is 37.7 Å². The molecule has 1 aromatic rings. The lowest BCUT2D eigenvalue weighted by Crippen LogP contribution is -2.41. The smallest absolute Gasteiger partial charge is 0.224 e. The van der Waals surface area contributed by atoms with Crippen LogP contribution < -0.4 is 5.32 Å². The molecule has 1 aliphatic rings. The summed E-state index contributed by atoms with van der Waals surface area (Å²) in [6.07, 6.45) is 3.01. The lowest BCUT2D eigenvalue weighted by molar-refractivity contribution is -0.121. The van der Waals surface area contributed by atoms with E-state index >= 15 is 0 Å². The van der Waals surface area contributed by atoms with Gasteiger partial charge in [0.2, 0.25) is 5.91 Å². The molecule has 0 aliphatic heterocycles. The van der Waals surface area contributed by atoms with Gasteiger partial charge in [-0.05, 0) is 31.0 Å². The molecule has 2 N–H and O–H groups in total. The van der Waals surface area contributed by atoms with Crippen molar-refractivity contribution in [3.05, 3.63) is 35.4 Å². The first kappa shape index (κ1) is 13.9. The number of carbonyl (C=O) groups excluding carboxylic acids is 1. The van der Waals surface area contributed by atoms with Crippen molar-refractivity contribution in [1.82, 2.24) is 5.32 Å². The second-order valence-corrected chi connectivity index (χ2v) is 5.12. The van der Waals surface area contributed by atoms with Crippen LogP contribution in [0.1, 0.15) is 31.2 Å². The van der Waals surface area contributed by atoms with Crippen molar-refractivity contribution < 1.29 is 18.7 Å². The van der Waals surface area contributed by atoms with Gasteiger partial charge < -0.3 is 10.4 Å². The zero-order valence-corrected chi connectivity index (χ0v) is 10.6. The van der Waals surface area contributed by atoms with E-state index in [1.807, 2.05) is 0 Å². The van der Waals surface area contributed by atoms with Gasteiger partial charge in [-0.15, -0.1) is 0 Å². The minimum absolute atomic E-state index is 0.0240. The van der Waals surface area contributed by atoms with Gasteiger partial charge in [0.25, 0.3) is 0 Å². The number of nitrogens with one attached hydrogen (secondary N) is 1. The molecule has 1 saturated carbocycles. The van der Waals surface area contributed by atoms with Crippen LogP contribution in [0.5, 0.6) is 0 Å². The second kappa shape index (κ2) is 5.65. The molecular weight excluding hydrogens is 252 g/mol. The van der Waals surface area contributed by atoms with E-state index in [1.165, 1.54) is 0 Å². The Morgan fingerprint density at radius 3 is 2.68 bits per heavy atom. The summed E-state index contributed by atoms with van der Waals surface area (Å²) in [5.74, 6) is -1.58. The second-order valence-electron chi connectivity index (χ2n) is 5.12. The van der Waals surface area contributed by atoms with Crippen LogP contribution in [0, 0.1) is 11.6 Å². The molecule has 1 aliphatic carbocycles. The van der Waals surface area contributed by atoms with E-state index in [1.54, 1.807) is 0 Å². The summed E-state index contributed by atoms with van der Waals surface area (Å²) in [6.45, 7) is 0.169. The molecule has 1 aromatic carbocycles. The van der Waals surface area contributed by atoms with Crippen LogP contribution in [-0.2, 0) is 11.2 Å². The van der Waals surface area contributed by atoms with Gasteiger partial charge in [0.15, 0.2) is 0 Å². The van der Waals surface area contributed by atoms with Gasteiger partial charge in [0, 0.05) is 12.1 Å². The molecule has 0 saturated heterocycles. The fourth-order valence-electron chi connectivity index (χ4n) is 2.39. The van der Waals surface area contributed by atoms with E-state index in [0.717, 1.165) is 31.0 Å². The Kier molecular flexibility index (Phi) is 4.14. The highest BCUT2D eigenvalue weighted by atomic mass is 19.1. The lowest BCUT2D eigenvalue weighted by atomic mass is 10.0. The van der Waals surface area contributed by atoms with Gasteiger partial charge in [-0.25, -0.2) is 8.78 Å². The molecule has 104 valence electrons. The largest absolute Gasteiger partial charge is 0.388 e. The molecule has 0 atom stereocenters. The SMILES string of the molecule is O=C(Cc1cc(F)ccc1F)NCC1(O)CCCC1. The zero-order chi connectivity index (χ0) is 13.9. The Labute approximate surface area is 110 Å². The highest BCUT2D eigenvalue weighted by molar-refractivity contribution is 5.78. The van der Waals surface area contributed by atoms with Crippen LogP contribution in [-0.4, -0.2) is 23.2 Å². The zero-order valence-electron chi connectivity index (χ0n) is 10.6. The maximum atomic E-state index is 13.4. The Morgan fingerprint density at radius 2 is 2.00 bits per heavy atom. The van der Waals surface area contributed by atoms with Gasteiger partial charge in [0.1, 0.15) is 11.6 Å². The Bertz CT molecular complexity index is 471. The molecule has 5 heteroatoms. The minimum atomic E-state index is -0.837. The maximum absolute atomic E-state index is 13.4. The molecule has 0 heterocycles. The summed E-state index contributed by atoms with van der Waals surface area (Å²) in [6, 6.07) is 3.03. The van der Waals surface area contributed by atoms with Crippen LogP contribution >= 0.6 is 0 Å². The Hall–Kier alpha value is -1.49. The van der Waals surface area contributed by atoms with Crippen molar-refractivity contribution in [2.24, 2.45) is 0 Å². The fourth-order valence-corrected chi connectivity index (χ4v) is 2.39. The van der Waals surface area contributed by atoms with E-state index in [4.69, 9.17) is 0 Å². The van der Waals surface area contributed by atoms with E-state index in [9.17, 15) is 18.7 Å². The predicted molar refractivity (Wildman–Crippen MR) is 66.5 cm³/mol. The van der Waals surface area contributed by atoms with Crippen molar-refractivity contribution in [2.75, 3.05) is 6.54 Å². The molecule has 2 rings (SSSR count). The van der Waals surface area contributed by atoms with Crippen LogP contribution in [0.3, 0.4) is 0 Å². The summed E-state index contributed by atoms with van der Waals surface area (Å²) in [5, 5.41) is 12.6. The summed E-state index contributed by atoms with van der Waals surface area (Å²) in [5.41, 5.74) is -0.813. The highest BCUT2D eigenvalue weighted by Gasteiger charge is 2.31. The number of hydrogen-bond acceptors (Lipinski definition) is 2. The summed E-state index contributed by atoms with van der Waals surface area (Å²) >= 11 is 0. The van der Waals surface area contributed by atoms with E-state index in [0.29, 0.717) is 12.8 Å². The molecule has 0 unspecified atom stereocenters. The molecular formula is C14H17F2NO2. The number of carbonyl (C=O) groups is 1. The third-order valence-corrected chi connectivity index (χ3v) is 3.51. The first-order valence-corrected chi connectivity index (χ1v) is 6.42. The Morgan fingerprint density at radius 1 is 1.32 bits per heavy atom. The van der Waals surface area contributed by atoms with Crippen LogP contribution in [0.4, 0.5) is 8.78 Å². The summed E-state index contributed by atoms with van der Waals surface area (Å²) < 4.78 is 26.3. The van der Waals surface area contributed by atoms with Crippen LogP contribution in [0.15, 0.2) is 18.2 Å². The molecule has 3 nitrogen and oxygen atoms in total. The van der Waals surface area contributed by atoms with Gasteiger partial charge >= 0.3 is 0 Å². The third-order valence-electron chi connectivity index (χ3n) is 3.51. The number of hydrogen-bond donors (Lipinski definition) is 2. The van der Waals surface area contributed by atoms with Gasteiger partial charge in [-0.2, -0.15) is 0 Å². The molecule has 0 aromatic heterocycles. The van der Waals surface area contributed by atoms with Crippen molar-refractivity contribution in [1.29, 1.82) is 0 Å². The minimum Gasteiger partial charge on any atom is -0.388 e. The first-order chi connectivity index (χ1) is 8.98. The third kappa shape index (κ3) is 3.73. The number of halogens is 2. The standard InChI is InChI=1S/C14H17F2NO2/c15-11-3-4-12(16)10(7-11)8-13(18)17-9-14(19)5-1-2-6-14/h3-4,7,19H,1-2,5-6,8-9H2,(H,17,18). The average molecular weight is 269 g/mol. The molecule has 0 radical (unpaired) electrons. The number of amides is 1. The normalized spacial score (nSPS) is 17.4. The highest BCUT2D eigenvalue weighted by Crippen LogP contribution is 2.28. The van der Waals surface area contributed by atoms with Gasteiger partial charge in [0.05, 0.1) is 12.0 Å². The topological polar surface area (TPSA) is 49.3 Å². The quantitative estimate of drug-likeness (QED) is 0.877. The molecule has 19 heavy (non-hydrogen) atoms. The van der Waals surface area contributed by atoms with Gasteiger partial charge in [-0.1, -0.05) is 12.8 Å². The first-order valence-electron chi connectivity index (χ1n) is 6.42.